The van der Waals surface area contributed by atoms with Crippen molar-refractivity contribution in [3.05, 3.63) is 44.8 Å². The third-order valence-corrected chi connectivity index (χ3v) is 6.24. The van der Waals surface area contributed by atoms with Crippen molar-refractivity contribution in [1.29, 1.82) is 0 Å². The van der Waals surface area contributed by atoms with Crippen LogP contribution in [0, 0.1) is 20.8 Å². The number of nitrogens with two attached hydrogens (primary N) is 1. The van der Waals surface area contributed by atoms with Gasteiger partial charge >= 0.3 is 0 Å². The van der Waals surface area contributed by atoms with E-state index in [-0.39, 0.29) is 15.5 Å². The molecule has 3 N–H and O–H groups in total. The highest BCUT2D eigenvalue weighted by Crippen LogP contribution is 2.31. The lowest BCUT2D eigenvalue weighted by atomic mass is 10.2. The molecule has 0 atom stereocenters. The Balaban J connectivity index is 2.50. The molecule has 22 heavy (non-hydrogen) atoms. The highest BCUT2D eigenvalue weighted by molar-refractivity contribution is 7.93. The predicted molar refractivity (Wildman–Crippen MR) is 89.3 cm³/mol. The van der Waals surface area contributed by atoms with Crippen LogP contribution in [0.15, 0.2) is 22.4 Å². The van der Waals surface area contributed by atoms with E-state index in [2.05, 4.69) is 4.72 Å². The summed E-state index contributed by atoms with van der Waals surface area (Å²) in [4.78, 5) is 11.6. The lowest BCUT2D eigenvalue weighted by Gasteiger charge is -2.12. The summed E-state index contributed by atoms with van der Waals surface area (Å²) in [5.41, 5.74) is 7.32. The number of benzene rings is 1. The average molecular weight is 359 g/mol. The van der Waals surface area contributed by atoms with Gasteiger partial charge in [-0.1, -0.05) is 11.6 Å². The summed E-state index contributed by atoms with van der Waals surface area (Å²) in [6, 6.07) is 3.10. The highest BCUT2D eigenvalue weighted by Gasteiger charge is 2.23. The minimum absolute atomic E-state index is 0.121. The largest absolute Gasteiger partial charge is 0.365 e. The molecule has 0 saturated heterocycles. The Labute approximate surface area is 138 Å². The molecule has 0 spiro atoms. The second-order valence-corrected chi connectivity index (χ2v) is 7.90. The Hall–Kier alpha value is -1.57. The van der Waals surface area contributed by atoms with Crippen molar-refractivity contribution in [2.45, 2.75) is 25.7 Å². The van der Waals surface area contributed by atoms with Crippen LogP contribution >= 0.6 is 22.9 Å². The van der Waals surface area contributed by atoms with Crippen LogP contribution in [0.5, 0.6) is 0 Å². The van der Waals surface area contributed by atoms with E-state index in [0.29, 0.717) is 21.7 Å². The number of halogens is 1. The number of nitrogens with one attached hydrogen (secondary N) is 1. The summed E-state index contributed by atoms with van der Waals surface area (Å²) in [7, 11) is -3.83. The highest BCUT2D eigenvalue weighted by atomic mass is 35.5. The molecule has 1 aromatic heterocycles. The first kappa shape index (κ1) is 16.8. The molecule has 0 radical (unpaired) electrons. The smallest absolute Gasteiger partial charge is 0.262 e. The van der Waals surface area contributed by atoms with Gasteiger partial charge in [0.1, 0.15) is 5.00 Å². The molecule has 2 aromatic rings. The Morgan fingerprint density at radius 3 is 2.41 bits per heavy atom. The van der Waals surface area contributed by atoms with Crippen molar-refractivity contribution in [3.8, 4) is 0 Å². The molecule has 8 heteroatoms. The van der Waals surface area contributed by atoms with Crippen LogP contribution < -0.4 is 10.5 Å². The van der Waals surface area contributed by atoms with Crippen molar-refractivity contribution in [1.82, 2.24) is 0 Å². The normalized spacial score (nSPS) is 11.5. The number of rotatable bonds is 4. The summed E-state index contributed by atoms with van der Waals surface area (Å²) in [5.74, 6) is -0.666. The van der Waals surface area contributed by atoms with E-state index >= 15 is 0 Å². The van der Waals surface area contributed by atoms with Crippen LogP contribution in [0.1, 0.15) is 27.0 Å². The molecule has 0 aliphatic rings. The lowest BCUT2D eigenvalue weighted by Crippen LogP contribution is -2.18. The summed E-state index contributed by atoms with van der Waals surface area (Å²) < 4.78 is 27.6. The second-order valence-electron chi connectivity index (χ2n) is 4.96. The fourth-order valence-electron chi connectivity index (χ4n) is 2.05. The number of carbonyl (C=O) groups is 1. The number of aryl methyl sites for hydroxylation is 3. The first-order valence-electron chi connectivity index (χ1n) is 6.31. The topological polar surface area (TPSA) is 89.3 Å². The monoisotopic (exact) mass is 358 g/mol. The quantitative estimate of drug-likeness (QED) is 0.879. The van der Waals surface area contributed by atoms with Gasteiger partial charge in [0.25, 0.3) is 15.9 Å². The SMILES string of the molecule is Cc1cc(S(=O)(=O)Nc2scc(C)c2C(N)=O)c(C)cc1Cl. The minimum atomic E-state index is -3.83. The van der Waals surface area contributed by atoms with Gasteiger partial charge in [-0.2, -0.15) is 0 Å². The zero-order chi connectivity index (χ0) is 16.7. The fourth-order valence-corrected chi connectivity index (χ4v) is 4.85. The van der Waals surface area contributed by atoms with Crippen molar-refractivity contribution in [2.24, 2.45) is 5.73 Å². The Morgan fingerprint density at radius 1 is 1.18 bits per heavy atom. The van der Waals surface area contributed by atoms with Gasteiger partial charge < -0.3 is 5.73 Å². The maximum Gasteiger partial charge on any atom is 0.262 e. The number of hydrogen-bond acceptors (Lipinski definition) is 4. The van der Waals surface area contributed by atoms with Gasteiger partial charge in [0, 0.05) is 5.02 Å². The van der Waals surface area contributed by atoms with Gasteiger partial charge in [0.2, 0.25) is 0 Å². The molecule has 0 aliphatic heterocycles. The van der Waals surface area contributed by atoms with E-state index < -0.39 is 15.9 Å². The van der Waals surface area contributed by atoms with E-state index in [9.17, 15) is 13.2 Å². The number of hydrogen-bond donors (Lipinski definition) is 2. The van der Waals surface area contributed by atoms with E-state index in [1.807, 2.05) is 0 Å². The van der Waals surface area contributed by atoms with Crippen LogP contribution in [-0.4, -0.2) is 14.3 Å². The molecule has 5 nitrogen and oxygen atoms in total. The third kappa shape index (κ3) is 3.11. The van der Waals surface area contributed by atoms with E-state index in [1.54, 1.807) is 32.2 Å². The summed E-state index contributed by atoms with van der Waals surface area (Å²) in [6.07, 6.45) is 0. The predicted octanol–water partition coefficient (Wildman–Crippen LogP) is 3.23. The third-order valence-electron chi connectivity index (χ3n) is 3.19. The van der Waals surface area contributed by atoms with Crippen LogP contribution in [0.25, 0.3) is 0 Å². The van der Waals surface area contributed by atoms with E-state index in [0.717, 1.165) is 11.3 Å². The maximum atomic E-state index is 12.6. The zero-order valence-electron chi connectivity index (χ0n) is 12.2. The average Bonchev–Trinajstić information content (AvgIpc) is 2.74. The Bertz CT molecular complexity index is 857. The van der Waals surface area contributed by atoms with Gasteiger partial charge in [0.15, 0.2) is 0 Å². The number of anilines is 1. The molecule has 0 fully saturated rings. The Kier molecular flexibility index (Phi) is 4.51. The molecule has 1 heterocycles. The van der Waals surface area contributed by atoms with Crippen molar-refractivity contribution < 1.29 is 13.2 Å². The zero-order valence-corrected chi connectivity index (χ0v) is 14.6. The summed E-state index contributed by atoms with van der Waals surface area (Å²) in [6.45, 7) is 5.09. The molecule has 1 amide bonds. The minimum Gasteiger partial charge on any atom is -0.365 e. The van der Waals surface area contributed by atoms with Gasteiger partial charge in [-0.3, -0.25) is 9.52 Å². The van der Waals surface area contributed by atoms with Gasteiger partial charge in [0.05, 0.1) is 10.5 Å². The summed E-state index contributed by atoms with van der Waals surface area (Å²) in [5, 5.41) is 2.40. The van der Waals surface area contributed by atoms with E-state index in [4.69, 9.17) is 17.3 Å². The second kappa shape index (κ2) is 5.91. The van der Waals surface area contributed by atoms with Gasteiger partial charge in [-0.25, -0.2) is 8.42 Å². The van der Waals surface area contributed by atoms with Gasteiger partial charge in [-0.05, 0) is 55.0 Å². The molecular weight excluding hydrogens is 344 g/mol. The molecule has 1 aromatic carbocycles. The lowest BCUT2D eigenvalue weighted by molar-refractivity contribution is 0.100. The number of amides is 1. The van der Waals surface area contributed by atoms with Crippen LogP contribution in [-0.2, 0) is 10.0 Å². The molecule has 0 unspecified atom stereocenters. The van der Waals surface area contributed by atoms with Crippen molar-refractivity contribution in [3.63, 3.8) is 0 Å². The standard InChI is InChI=1S/C14H15ClN2O3S2/c1-7-5-11(8(2)4-10(7)15)22(19,20)17-14-12(13(16)18)9(3)6-21-14/h4-6,17H,1-3H3,(H2,16,18). The molecule has 2 rings (SSSR count). The van der Waals surface area contributed by atoms with E-state index in [1.165, 1.54) is 6.07 Å². The first-order valence-corrected chi connectivity index (χ1v) is 9.05. The first-order chi connectivity index (χ1) is 10.1. The maximum absolute atomic E-state index is 12.6. The molecular formula is C14H15ClN2O3S2. The van der Waals surface area contributed by atoms with Crippen molar-refractivity contribution >= 4 is 43.9 Å². The van der Waals surface area contributed by atoms with Crippen LogP contribution in [0.4, 0.5) is 5.00 Å². The van der Waals surface area contributed by atoms with Crippen molar-refractivity contribution in [2.75, 3.05) is 4.72 Å². The Morgan fingerprint density at radius 2 is 1.82 bits per heavy atom. The molecule has 0 aliphatic carbocycles. The number of thiophene rings is 1. The molecule has 0 bridgehead atoms. The van der Waals surface area contributed by atoms with Crippen LogP contribution in [0.2, 0.25) is 5.02 Å². The number of carbonyl (C=O) groups excluding carboxylic acids is 1. The summed E-state index contributed by atoms with van der Waals surface area (Å²) >= 11 is 7.11. The number of primary amides is 1. The van der Waals surface area contributed by atoms with Gasteiger partial charge in [-0.15, -0.1) is 11.3 Å². The molecule has 0 saturated carbocycles. The van der Waals surface area contributed by atoms with Crippen LogP contribution in [0.3, 0.4) is 0 Å². The molecule has 118 valence electrons. The number of sulfonamides is 1. The fraction of sp³-hybridized carbons (Fsp3) is 0.214.